The molecule has 37 heavy (non-hydrogen) atoms. The summed E-state index contributed by atoms with van der Waals surface area (Å²) in [5.74, 6) is -1.42. The van der Waals surface area contributed by atoms with E-state index in [1.807, 2.05) is 6.92 Å². The molecule has 10 heteroatoms. The highest BCUT2D eigenvalue weighted by molar-refractivity contribution is 6.02. The number of carbonyl (C=O) groups excluding carboxylic acids is 2. The van der Waals surface area contributed by atoms with E-state index in [0.717, 1.165) is 44.2 Å². The standard InChI is InChI=1S/C27H28F4N4O2/c1-13-8-19(21(12-32-13)33-17-5-6-17)26(37)35-22-9-15(22)10-23(35)25(36)34-24(14-2-3-14)18-7-4-16(11-20(18)28)27(29,30)31/h4,7-8,11-12,14-15,17,22-24,33H,2-3,5-6,9-10H2,1H3,(H,34,36)/t15-,22-,23-,24?/m1/s1. The fraction of sp³-hybridized carbons (Fsp3) is 0.519. The summed E-state index contributed by atoms with van der Waals surface area (Å²) in [7, 11) is 0. The summed E-state index contributed by atoms with van der Waals surface area (Å²) < 4.78 is 53.9. The molecule has 1 aliphatic heterocycles. The van der Waals surface area contributed by atoms with Crippen molar-refractivity contribution in [1.29, 1.82) is 0 Å². The third-order valence-corrected chi connectivity index (χ3v) is 7.90. The van der Waals surface area contributed by atoms with Crippen molar-refractivity contribution in [2.75, 3.05) is 5.32 Å². The lowest BCUT2D eigenvalue weighted by molar-refractivity contribution is -0.137. The van der Waals surface area contributed by atoms with Gasteiger partial charge in [0.05, 0.1) is 29.1 Å². The zero-order valence-electron chi connectivity index (χ0n) is 20.3. The minimum atomic E-state index is -4.65. The van der Waals surface area contributed by atoms with Crippen molar-refractivity contribution >= 4 is 17.5 Å². The normalized spacial score (nSPS) is 25.4. The van der Waals surface area contributed by atoms with Crippen LogP contribution >= 0.6 is 0 Å². The minimum absolute atomic E-state index is 0.0207. The van der Waals surface area contributed by atoms with Gasteiger partial charge in [-0.15, -0.1) is 0 Å². The molecule has 3 saturated carbocycles. The summed E-state index contributed by atoms with van der Waals surface area (Å²) in [4.78, 5) is 33.3. The quantitative estimate of drug-likeness (QED) is 0.509. The van der Waals surface area contributed by atoms with Crippen LogP contribution < -0.4 is 10.6 Å². The average Bonchev–Trinajstić information content (AvgIpc) is 3.72. The molecule has 0 bridgehead atoms. The number of amides is 2. The Balaban J connectivity index is 1.24. The Morgan fingerprint density at radius 3 is 2.51 bits per heavy atom. The van der Waals surface area contributed by atoms with E-state index >= 15 is 0 Å². The van der Waals surface area contributed by atoms with Crippen LogP contribution in [0.2, 0.25) is 0 Å². The van der Waals surface area contributed by atoms with Gasteiger partial charge in [-0.3, -0.25) is 14.6 Å². The third-order valence-electron chi connectivity index (χ3n) is 7.90. The van der Waals surface area contributed by atoms with E-state index in [1.165, 1.54) is 0 Å². The predicted octanol–water partition coefficient (Wildman–Crippen LogP) is 4.99. The summed E-state index contributed by atoms with van der Waals surface area (Å²) >= 11 is 0. The highest BCUT2D eigenvalue weighted by Gasteiger charge is 2.56. The van der Waals surface area contributed by atoms with Crippen molar-refractivity contribution in [2.24, 2.45) is 11.8 Å². The van der Waals surface area contributed by atoms with Crippen molar-refractivity contribution < 1.29 is 27.2 Å². The molecule has 1 saturated heterocycles. The van der Waals surface area contributed by atoms with Crippen molar-refractivity contribution in [2.45, 2.75) is 75.8 Å². The zero-order chi connectivity index (χ0) is 26.1. The highest BCUT2D eigenvalue weighted by atomic mass is 19.4. The average molecular weight is 517 g/mol. The van der Waals surface area contributed by atoms with Gasteiger partial charge in [0.2, 0.25) is 5.91 Å². The molecule has 2 amide bonds. The van der Waals surface area contributed by atoms with Crippen molar-refractivity contribution in [3.8, 4) is 0 Å². The van der Waals surface area contributed by atoms with Crippen LogP contribution in [-0.2, 0) is 11.0 Å². The van der Waals surface area contributed by atoms with E-state index in [4.69, 9.17) is 0 Å². The number of aromatic nitrogens is 1. The summed E-state index contributed by atoms with van der Waals surface area (Å²) in [6.45, 7) is 1.81. The Labute approximate surface area is 211 Å². The van der Waals surface area contributed by atoms with Gasteiger partial charge < -0.3 is 15.5 Å². The molecule has 2 heterocycles. The molecule has 1 unspecified atom stereocenters. The van der Waals surface area contributed by atoms with Crippen LogP contribution in [0.3, 0.4) is 0 Å². The van der Waals surface area contributed by atoms with Crippen LogP contribution in [-0.4, -0.2) is 39.8 Å². The third kappa shape index (κ3) is 4.78. The summed E-state index contributed by atoms with van der Waals surface area (Å²) in [6.07, 6.45) is 1.92. The number of fused-ring (bicyclic) bond motifs is 1. The fourth-order valence-corrected chi connectivity index (χ4v) is 5.51. The molecule has 1 aromatic heterocycles. The number of rotatable bonds is 7. The van der Waals surface area contributed by atoms with Crippen LogP contribution in [0.5, 0.6) is 0 Å². The van der Waals surface area contributed by atoms with Crippen LogP contribution in [0, 0.1) is 24.6 Å². The molecule has 4 aliphatic rings. The Kier molecular flexibility index (Phi) is 5.69. The first kappa shape index (κ1) is 24.2. The van der Waals surface area contributed by atoms with Gasteiger partial charge in [0.15, 0.2) is 0 Å². The number of carbonyl (C=O) groups is 2. The van der Waals surface area contributed by atoms with Gasteiger partial charge in [-0.25, -0.2) is 4.39 Å². The Hall–Kier alpha value is -3.17. The smallest absolute Gasteiger partial charge is 0.380 e. The number of aryl methyl sites for hydroxylation is 1. The molecule has 1 aromatic carbocycles. The topological polar surface area (TPSA) is 74.3 Å². The Morgan fingerprint density at radius 1 is 1.11 bits per heavy atom. The van der Waals surface area contributed by atoms with Crippen LogP contribution in [0.1, 0.15) is 71.7 Å². The first-order chi connectivity index (χ1) is 17.6. The first-order valence-electron chi connectivity index (χ1n) is 12.8. The second-order valence-electron chi connectivity index (χ2n) is 10.9. The van der Waals surface area contributed by atoms with Crippen molar-refractivity contribution in [1.82, 2.24) is 15.2 Å². The van der Waals surface area contributed by atoms with E-state index in [-0.39, 0.29) is 35.3 Å². The number of likely N-dealkylation sites (tertiary alicyclic amines) is 1. The van der Waals surface area contributed by atoms with Gasteiger partial charge in [0.1, 0.15) is 11.9 Å². The van der Waals surface area contributed by atoms with Gasteiger partial charge in [-0.05, 0) is 75.5 Å². The highest BCUT2D eigenvalue weighted by Crippen LogP contribution is 2.49. The number of nitrogens with zero attached hydrogens (tertiary/aromatic N) is 2. The summed E-state index contributed by atoms with van der Waals surface area (Å²) in [5, 5.41) is 6.25. The van der Waals surface area contributed by atoms with Gasteiger partial charge in [-0.1, -0.05) is 6.07 Å². The summed E-state index contributed by atoms with van der Waals surface area (Å²) in [5.41, 5.74) is 0.821. The van der Waals surface area contributed by atoms with Gasteiger partial charge >= 0.3 is 6.18 Å². The number of piperidine rings is 1. The fourth-order valence-electron chi connectivity index (χ4n) is 5.51. The lowest BCUT2D eigenvalue weighted by Crippen LogP contribution is -2.49. The first-order valence-corrected chi connectivity index (χ1v) is 12.8. The molecule has 0 radical (unpaired) electrons. The number of nitrogens with one attached hydrogen (secondary N) is 2. The van der Waals surface area contributed by atoms with Crippen LogP contribution in [0.25, 0.3) is 0 Å². The second-order valence-corrected chi connectivity index (χ2v) is 10.9. The second kappa shape index (κ2) is 8.70. The molecule has 6 nitrogen and oxygen atoms in total. The maximum Gasteiger partial charge on any atom is 0.416 e. The van der Waals surface area contributed by atoms with E-state index in [9.17, 15) is 27.2 Å². The maximum atomic E-state index is 14.8. The number of hydrogen-bond acceptors (Lipinski definition) is 4. The molecule has 2 N–H and O–H groups in total. The molecule has 2 aromatic rings. The SMILES string of the molecule is Cc1cc(C(=O)N2[C@@H](C(=O)NC(c3ccc(C(F)(F)F)cc3F)C3CC3)C[C@H]3C[C@H]32)c(NC2CC2)cn1. The monoisotopic (exact) mass is 516 g/mol. The molecular formula is C27H28F4N4O2. The number of pyridine rings is 1. The zero-order valence-corrected chi connectivity index (χ0v) is 20.3. The van der Waals surface area contributed by atoms with E-state index in [1.54, 1.807) is 17.2 Å². The molecule has 4 fully saturated rings. The van der Waals surface area contributed by atoms with Gasteiger partial charge in [0, 0.05) is 23.3 Å². The number of alkyl halides is 3. The molecule has 4 atom stereocenters. The predicted molar refractivity (Wildman–Crippen MR) is 127 cm³/mol. The number of hydrogen-bond donors (Lipinski definition) is 2. The molecule has 0 spiro atoms. The lowest BCUT2D eigenvalue weighted by atomic mass is 9.99. The maximum absolute atomic E-state index is 14.8. The van der Waals surface area contributed by atoms with Gasteiger partial charge in [0.25, 0.3) is 5.91 Å². The number of halogens is 4. The summed E-state index contributed by atoms with van der Waals surface area (Å²) in [6, 6.07) is 3.04. The van der Waals surface area contributed by atoms with E-state index in [2.05, 4.69) is 15.6 Å². The molecule has 6 rings (SSSR count). The minimum Gasteiger partial charge on any atom is -0.380 e. The van der Waals surface area contributed by atoms with Crippen LogP contribution in [0.15, 0.2) is 30.5 Å². The number of anilines is 1. The Morgan fingerprint density at radius 2 is 1.86 bits per heavy atom. The molecular weight excluding hydrogens is 488 g/mol. The molecule has 196 valence electrons. The lowest BCUT2D eigenvalue weighted by Gasteiger charge is -2.30. The van der Waals surface area contributed by atoms with E-state index in [0.29, 0.717) is 35.5 Å². The van der Waals surface area contributed by atoms with E-state index < -0.39 is 29.6 Å². The van der Waals surface area contributed by atoms with Gasteiger partial charge in [-0.2, -0.15) is 13.2 Å². The van der Waals surface area contributed by atoms with Crippen LogP contribution in [0.4, 0.5) is 23.2 Å². The molecule has 3 aliphatic carbocycles. The van der Waals surface area contributed by atoms with Crippen molar-refractivity contribution in [3.05, 3.63) is 58.7 Å². The largest absolute Gasteiger partial charge is 0.416 e. The van der Waals surface area contributed by atoms with Crippen molar-refractivity contribution in [3.63, 3.8) is 0 Å². The number of benzene rings is 1. The Bertz CT molecular complexity index is 1260.